The third kappa shape index (κ3) is 3.51. The quantitative estimate of drug-likeness (QED) is 0.909. The summed E-state index contributed by atoms with van der Waals surface area (Å²) in [4.78, 5) is 2.41. The predicted octanol–water partition coefficient (Wildman–Crippen LogP) is 3.83. The predicted molar refractivity (Wildman–Crippen MR) is 82.6 cm³/mol. The molecule has 2 rings (SSSR count). The second-order valence-corrected chi connectivity index (χ2v) is 6.65. The zero-order chi connectivity index (χ0) is 14.8. The molecule has 1 N–H and O–H groups in total. The highest BCUT2D eigenvalue weighted by Gasteiger charge is 2.33. The van der Waals surface area contributed by atoms with Crippen molar-refractivity contribution in [2.75, 3.05) is 13.1 Å². The largest absolute Gasteiger partial charge is 0.311 e. The molecule has 0 saturated carbocycles. The number of rotatable bonds is 4. The fourth-order valence-electron chi connectivity index (χ4n) is 2.78. The van der Waals surface area contributed by atoms with Crippen LogP contribution in [0.2, 0.25) is 5.02 Å². The highest BCUT2D eigenvalue weighted by Crippen LogP contribution is 2.27. The van der Waals surface area contributed by atoms with Crippen molar-refractivity contribution < 1.29 is 4.39 Å². The van der Waals surface area contributed by atoms with Crippen LogP contribution in [0.3, 0.4) is 0 Å². The minimum atomic E-state index is -0.331. The standard InChI is InChI=1S/C16H24ClFN2/c1-4-6-13-10-20(16(2,3)11-19-13)9-12-7-5-8-14(18)15(12)17/h5,7-8,13,19H,4,6,9-11H2,1-3H3. The van der Waals surface area contributed by atoms with Crippen molar-refractivity contribution in [1.82, 2.24) is 10.2 Å². The number of hydrogen-bond acceptors (Lipinski definition) is 2. The van der Waals surface area contributed by atoms with Crippen LogP contribution in [-0.2, 0) is 6.54 Å². The summed E-state index contributed by atoms with van der Waals surface area (Å²) >= 11 is 6.09. The van der Waals surface area contributed by atoms with Gasteiger partial charge in [-0.05, 0) is 31.9 Å². The second kappa shape index (κ2) is 6.42. The van der Waals surface area contributed by atoms with Crippen molar-refractivity contribution in [2.24, 2.45) is 0 Å². The van der Waals surface area contributed by atoms with E-state index in [2.05, 4.69) is 31.0 Å². The summed E-state index contributed by atoms with van der Waals surface area (Å²) in [6.07, 6.45) is 2.34. The van der Waals surface area contributed by atoms with E-state index in [1.165, 1.54) is 18.9 Å². The SMILES string of the molecule is CCCC1CN(Cc2cccc(F)c2Cl)C(C)(C)CN1. The Labute approximate surface area is 126 Å². The first kappa shape index (κ1) is 15.7. The summed E-state index contributed by atoms with van der Waals surface area (Å²) in [6.45, 7) is 9.27. The summed E-state index contributed by atoms with van der Waals surface area (Å²) < 4.78 is 13.6. The molecular formula is C16H24ClFN2. The van der Waals surface area contributed by atoms with Crippen LogP contribution >= 0.6 is 11.6 Å². The van der Waals surface area contributed by atoms with Crippen molar-refractivity contribution in [3.8, 4) is 0 Å². The van der Waals surface area contributed by atoms with Gasteiger partial charge in [-0.25, -0.2) is 4.39 Å². The van der Waals surface area contributed by atoms with Gasteiger partial charge in [0.05, 0.1) is 5.02 Å². The van der Waals surface area contributed by atoms with Crippen LogP contribution < -0.4 is 5.32 Å². The molecule has 0 amide bonds. The van der Waals surface area contributed by atoms with E-state index in [1.54, 1.807) is 6.07 Å². The van der Waals surface area contributed by atoms with E-state index in [9.17, 15) is 4.39 Å². The highest BCUT2D eigenvalue weighted by atomic mass is 35.5. The van der Waals surface area contributed by atoms with Gasteiger partial charge in [-0.3, -0.25) is 4.90 Å². The summed E-state index contributed by atoms with van der Waals surface area (Å²) in [6, 6.07) is 5.57. The zero-order valence-electron chi connectivity index (χ0n) is 12.5. The van der Waals surface area contributed by atoms with E-state index < -0.39 is 0 Å². The molecule has 1 aromatic rings. The van der Waals surface area contributed by atoms with Crippen LogP contribution in [0.5, 0.6) is 0 Å². The van der Waals surface area contributed by atoms with Crippen molar-refractivity contribution in [1.29, 1.82) is 0 Å². The molecule has 1 heterocycles. The van der Waals surface area contributed by atoms with Gasteiger partial charge in [0.2, 0.25) is 0 Å². The van der Waals surface area contributed by atoms with E-state index in [0.717, 1.165) is 18.7 Å². The van der Waals surface area contributed by atoms with Crippen LogP contribution in [-0.4, -0.2) is 29.6 Å². The average molecular weight is 299 g/mol. The number of nitrogens with zero attached hydrogens (tertiary/aromatic N) is 1. The van der Waals surface area contributed by atoms with Crippen molar-refractivity contribution in [2.45, 2.75) is 51.7 Å². The Kier molecular flexibility index (Phi) is 5.05. The minimum absolute atomic E-state index is 0.0554. The zero-order valence-corrected chi connectivity index (χ0v) is 13.3. The Morgan fingerprint density at radius 3 is 2.90 bits per heavy atom. The maximum atomic E-state index is 13.6. The number of nitrogens with one attached hydrogen (secondary N) is 1. The van der Waals surface area contributed by atoms with Gasteiger partial charge in [-0.2, -0.15) is 0 Å². The molecule has 0 radical (unpaired) electrons. The van der Waals surface area contributed by atoms with Gasteiger partial charge < -0.3 is 5.32 Å². The monoisotopic (exact) mass is 298 g/mol. The summed E-state index contributed by atoms with van der Waals surface area (Å²) in [5.41, 5.74) is 0.928. The van der Waals surface area contributed by atoms with E-state index in [1.807, 2.05) is 6.07 Å². The number of piperazine rings is 1. The number of halogens is 2. The van der Waals surface area contributed by atoms with E-state index in [0.29, 0.717) is 12.6 Å². The fourth-order valence-corrected chi connectivity index (χ4v) is 2.97. The van der Waals surface area contributed by atoms with Gasteiger partial charge in [0.1, 0.15) is 5.82 Å². The molecule has 0 aliphatic carbocycles. The Morgan fingerprint density at radius 1 is 1.45 bits per heavy atom. The lowest BCUT2D eigenvalue weighted by Crippen LogP contribution is -2.61. The molecule has 0 bridgehead atoms. The number of benzene rings is 1. The molecule has 4 heteroatoms. The first-order valence-corrected chi connectivity index (χ1v) is 7.73. The van der Waals surface area contributed by atoms with Crippen LogP contribution in [0, 0.1) is 5.82 Å². The first-order valence-electron chi connectivity index (χ1n) is 7.35. The lowest BCUT2D eigenvalue weighted by Gasteiger charge is -2.46. The Hall–Kier alpha value is -0.640. The maximum absolute atomic E-state index is 13.6. The molecule has 1 aromatic carbocycles. The van der Waals surface area contributed by atoms with Crippen LogP contribution in [0.15, 0.2) is 18.2 Å². The van der Waals surface area contributed by atoms with Gasteiger partial charge in [-0.15, -0.1) is 0 Å². The van der Waals surface area contributed by atoms with Crippen molar-refractivity contribution in [3.05, 3.63) is 34.6 Å². The van der Waals surface area contributed by atoms with Gasteiger partial charge in [0.25, 0.3) is 0 Å². The van der Waals surface area contributed by atoms with Crippen LogP contribution in [0.1, 0.15) is 39.2 Å². The van der Waals surface area contributed by atoms with Gasteiger partial charge in [-0.1, -0.05) is 37.1 Å². The van der Waals surface area contributed by atoms with Crippen molar-refractivity contribution in [3.63, 3.8) is 0 Å². The summed E-state index contributed by atoms with van der Waals surface area (Å²) in [7, 11) is 0. The molecule has 1 fully saturated rings. The molecule has 1 unspecified atom stereocenters. The van der Waals surface area contributed by atoms with E-state index >= 15 is 0 Å². The Balaban J connectivity index is 2.14. The molecule has 20 heavy (non-hydrogen) atoms. The minimum Gasteiger partial charge on any atom is -0.311 e. The van der Waals surface area contributed by atoms with E-state index in [-0.39, 0.29) is 16.4 Å². The molecule has 2 nitrogen and oxygen atoms in total. The average Bonchev–Trinajstić information content (AvgIpc) is 2.39. The summed E-state index contributed by atoms with van der Waals surface area (Å²) in [5, 5.41) is 3.86. The van der Waals surface area contributed by atoms with Crippen LogP contribution in [0.4, 0.5) is 4.39 Å². The molecular weight excluding hydrogens is 275 g/mol. The van der Waals surface area contributed by atoms with Gasteiger partial charge >= 0.3 is 0 Å². The molecule has 112 valence electrons. The molecule has 0 aromatic heterocycles. The van der Waals surface area contributed by atoms with Gasteiger partial charge in [0.15, 0.2) is 0 Å². The van der Waals surface area contributed by atoms with E-state index in [4.69, 9.17) is 11.6 Å². The van der Waals surface area contributed by atoms with Crippen molar-refractivity contribution >= 4 is 11.6 Å². The fraction of sp³-hybridized carbons (Fsp3) is 0.625. The smallest absolute Gasteiger partial charge is 0.142 e. The lowest BCUT2D eigenvalue weighted by molar-refractivity contribution is 0.0563. The third-order valence-corrected chi connectivity index (χ3v) is 4.57. The Morgan fingerprint density at radius 2 is 2.20 bits per heavy atom. The second-order valence-electron chi connectivity index (χ2n) is 6.27. The first-order chi connectivity index (χ1) is 9.44. The molecule has 0 spiro atoms. The lowest BCUT2D eigenvalue weighted by atomic mass is 9.95. The third-order valence-electron chi connectivity index (χ3n) is 4.15. The number of hydrogen-bond donors (Lipinski definition) is 1. The Bertz CT molecular complexity index is 462. The van der Waals surface area contributed by atoms with Gasteiger partial charge in [0, 0.05) is 31.2 Å². The topological polar surface area (TPSA) is 15.3 Å². The molecule has 1 atom stereocenters. The van der Waals surface area contributed by atoms with Crippen LogP contribution in [0.25, 0.3) is 0 Å². The summed E-state index contributed by atoms with van der Waals surface area (Å²) in [5.74, 6) is -0.331. The highest BCUT2D eigenvalue weighted by molar-refractivity contribution is 6.31. The maximum Gasteiger partial charge on any atom is 0.142 e. The molecule has 1 aliphatic heterocycles. The normalized spacial score (nSPS) is 22.9. The molecule has 1 aliphatic rings. The molecule has 1 saturated heterocycles.